The molecule has 2 nitrogen and oxygen atoms in total. The quantitative estimate of drug-likeness (QED) is 0.655. The van der Waals surface area contributed by atoms with E-state index < -0.39 is 0 Å². The fourth-order valence-electron chi connectivity index (χ4n) is 1.30. The van der Waals surface area contributed by atoms with Crippen molar-refractivity contribution in [3.8, 4) is 11.5 Å². The van der Waals surface area contributed by atoms with E-state index in [1.807, 2.05) is 30.3 Å². The smallest absolute Gasteiger partial charge is 0.168 e. The zero-order valence-electron chi connectivity index (χ0n) is 7.62. The minimum Gasteiger partial charge on any atom is -0.482 e. The van der Waals surface area contributed by atoms with E-state index >= 15 is 0 Å². The van der Waals surface area contributed by atoms with Gasteiger partial charge in [0.05, 0.1) is 0 Å². The minimum atomic E-state index is 0.546. The lowest BCUT2D eigenvalue weighted by Gasteiger charge is -2.19. The highest BCUT2D eigenvalue weighted by Crippen LogP contribution is 2.31. The van der Waals surface area contributed by atoms with Crippen LogP contribution in [0.5, 0.6) is 11.5 Å². The van der Waals surface area contributed by atoms with Gasteiger partial charge in [0.2, 0.25) is 0 Å². The zero-order chi connectivity index (χ0) is 9.10. The molecule has 0 fully saturated rings. The van der Waals surface area contributed by atoms with Crippen LogP contribution in [0, 0.1) is 0 Å². The summed E-state index contributed by atoms with van der Waals surface area (Å²) < 4.78 is 11.1. The van der Waals surface area contributed by atoms with Crippen molar-refractivity contribution < 1.29 is 9.47 Å². The Morgan fingerprint density at radius 3 is 2.85 bits per heavy atom. The van der Waals surface area contributed by atoms with Crippen LogP contribution in [0.15, 0.2) is 36.1 Å². The molecular weight excluding hydrogens is 164 g/mol. The lowest BCUT2D eigenvalue weighted by molar-refractivity contribution is 0.231. The van der Waals surface area contributed by atoms with E-state index in [1.54, 1.807) is 0 Å². The summed E-state index contributed by atoms with van der Waals surface area (Å²) in [4.78, 5) is 0. The summed E-state index contributed by atoms with van der Waals surface area (Å²) >= 11 is 0. The van der Waals surface area contributed by atoms with Gasteiger partial charge < -0.3 is 9.47 Å². The maximum atomic E-state index is 5.61. The Kier molecular flexibility index (Phi) is 2.21. The molecule has 1 aliphatic rings. The van der Waals surface area contributed by atoms with Crippen LogP contribution in [0.2, 0.25) is 0 Å². The van der Waals surface area contributed by atoms with Gasteiger partial charge >= 0.3 is 0 Å². The second-order valence-corrected chi connectivity index (χ2v) is 2.92. The Labute approximate surface area is 77.8 Å². The van der Waals surface area contributed by atoms with Crippen LogP contribution in [0.1, 0.15) is 13.3 Å². The van der Waals surface area contributed by atoms with Crippen molar-refractivity contribution in [1.29, 1.82) is 0 Å². The first-order valence-electron chi connectivity index (χ1n) is 4.49. The summed E-state index contributed by atoms with van der Waals surface area (Å²) in [5, 5.41) is 0. The van der Waals surface area contributed by atoms with Gasteiger partial charge in [0, 0.05) is 0 Å². The largest absolute Gasteiger partial charge is 0.482 e. The van der Waals surface area contributed by atoms with Crippen molar-refractivity contribution in [2.45, 2.75) is 13.3 Å². The normalized spacial score (nSPS) is 17.5. The zero-order valence-corrected chi connectivity index (χ0v) is 7.62. The molecule has 0 atom stereocenters. The van der Waals surface area contributed by atoms with E-state index in [-0.39, 0.29) is 0 Å². The van der Waals surface area contributed by atoms with Crippen LogP contribution in [-0.4, -0.2) is 6.61 Å². The fraction of sp³-hybridized carbons (Fsp3) is 0.273. The van der Waals surface area contributed by atoms with Crippen LogP contribution >= 0.6 is 0 Å². The third-order valence-electron chi connectivity index (χ3n) is 1.89. The molecule has 2 heteroatoms. The highest BCUT2D eigenvalue weighted by molar-refractivity contribution is 5.42. The molecule has 1 aromatic rings. The SMILES string of the molecule is CC/C=C1/COc2ccccc2O1. The van der Waals surface area contributed by atoms with Crippen molar-refractivity contribution in [1.82, 2.24) is 0 Å². The Balaban J connectivity index is 2.24. The van der Waals surface area contributed by atoms with Crippen molar-refractivity contribution in [2.75, 3.05) is 6.61 Å². The Hall–Kier alpha value is -1.44. The highest BCUT2D eigenvalue weighted by atomic mass is 16.6. The maximum Gasteiger partial charge on any atom is 0.168 e. The van der Waals surface area contributed by atoms with Gasteiger partial charge in [0.25, 0.3) is 0 Å². The molecular formula is C11H12O2. The fourth-order valence-corrected chi connectivity index (χ4v) is 1.30. The van der Waals surface area contributed by atoms with E-state index in [0.29, 0.717) is 6.61 Å². The van der Waals surface area contributed by atoms with E-state index in [4.69, 9.17) is 9.47 Å². The number of para-hydroxylation sites is 2. The van der Waals surface area contributed by atoms with Crippen molar-refractivity contribution >= 4 is 0 Å². The second kappa shape index (κ2) is 3.52. The van der Waals surface area contributed by atoms with Gasteiger partial charge in [-0.1, -0.05) is 19.1 Å². The number of benzene rings is 1. The standard InChI is InChI=1S/C11H12O2/c1-2-5-9-8-12-10-6-3-4-7-11(10)13-9/h3-7H,2,8H2,1H3/b9-5-. The molecule has 13 heavy (non-hydrogen) atoms. The molecule has 0 aliphatic carbocycles. The summed E-state index contributed by atoms with van der Waals surface area (Å²) in [7, 11) is 0. The molecule has 0 radical (unpaired) electrons. The molecule has 0 saturated heterocycles. The molecule has 0 unspecified atom stereocenters. The van der Waals surface area contributed by atoms with Crippen LogP contribution in [0.4, 0.5) is 0 Å². The number of allylic oxidation sites excluding steroid dienone is 1. The topological polar surface area (TPSA) is 18.5 Å². The molecule has 0 saturated carbocycles. The number of ether oxygens (including phenoxy) is 2. The molecule has 0 amide bonds. The monoisotopic (exact) mass is 176 g/mol. The molecule has 0 aromatic heterocycles. The predicted molar refractivity (Wildman–Crippen MR) is 50.9 cm³/mol. The molecule has 0 bridgehead atoms. The summed E-state index contributed by atoms with van der Waals surface area (Å²) in [6, 6.07) is 7.71. The van der Waals surface area contributed by atoms with Gasteiger partial charge in [-0.25, -0.2) is 0 Å². The maximum absolute atomic E-state index is 5.61. The van der Waals surface area contributed by atoms with Gasteiger partial charge in [0.15, 0.2) is 11.5 Å². The van der Waals surface area contributed by atoms with Crippen LogP contribution in [0.3, 0.4) is 0 Å². The van der Waals surface area contributed by atoms with E-state index in [2.05, 4.69) is 6.92 Å². The molecule has 1 aliphatic heterocycles. The summed E-state index contributed by atoms with van der Waals surface area (Å²) in [5.74, 6) is 2.55. The lowest BCUT2D eigenvalue weighted by Crippen LogP contribution is -2.13. The molecule has 0 N–H and O–H groups in total. The first-order chi connectivity index (χ1) is 6.40. The van der Waals surface area contributed by atoms with Crippen LogP contribution in [0.25, 0.3) is 0 Å². The molecule has 2 rings (SSSR count). The lowest BCUT2D eigenvalue weighted by atomic mass is 10.3. The number of rotatable bonds is 1. The van der Waals surface area contributed by atoms with E-state index in [1.165, 1.54) is 0 Å². The Bertz CT molecular complexity index is 329. The number of hydrogen-bond donors (Lipinski definition) is 0. The van der Waals surface area contributed by atoms with Gasteiger partial charge in [-0.2, -0.15) is 0 Å². The second-order valence-electron chi connectivity index (χ2n) is 2.92. The Morgan fingerprint density at radius 2 is 2.08 bits per heavy atom. The van der Waals surface area contributed by atoms with Gasteiger partial charge in [-0.05, 0) is 24.6 Å². The summed E-state index contributed by atoms with van der Waals surface area (Å²) in [5.41, 5.74) is 0. The molecule has 1 aromatic carbocycles. The van der Waals surface area contributed by atoms with Crippen LogP contribution in [-0.2, 0) is 0 Å². The van der Waals surface area contributed by atoms with Crippen molar-refractivity contribution in [3.63, 3.8) is 0 Å². The number of hydrogen-bond acceptors (Lipinski definition) is 2. The van der Waals surface area contributed by atoms with Gasteiger partial charge in [-0.15, -0.1) is 0 Å². The average Bonchev–Trinajstić information content (AvgIpc) is 2.18. The third-order valence-corrected chi connectivity index (χ3v) is 1.89. The first-order valence-corrected chi connectivity index (χ1v) is 4.49. The molecule has 0 spiro atoms. The van der Waals surface area contributed by atoms with E-state index in [9.17, 15) is 0 Å². The molecule has 68 valence electrons. The van der Waals surface area contributed by atoms with Crippen molar-refractivity contribution in [3.05, 3.63) is 36.1 Å². The highest BCUT2D eigenvalue weighted by Gasteiger charge is 2.13. The number of fused-ring (bicyclic) bond motifs is 1. The summed E-state index contributed by atoms with van der Waals surface area (Å²) in [6.07, 6.45) is 3.01. The Morgan fingerprint density at radius 1 is 1.31 bits per heavy atom. The van der Waals surface area contributed by atoms with Crippen LogP contribution < -0.4 is 9.47 Å². The van der Waals surface area contributed by atoms with E-state index in [0.717, 1.165) is 23.7 Å². The average molecular weight is 176 g/mol. The van der Waals surface area contributed by atoms with Crippen molar-refractivity contribution in [2.24, 2.45) is 0 Å². The predicted octanol–water partition coefficient (Wildman–Crippen LogP) is 2.75. The first kappa shape index (κ1) is 8.17. The summed E-state index contributed by atoms with van der Waals surface area (Å²) in [6.45, 7) is 2.63. The molecule has 1 heterocycles. The minimum absolute atomic E-state index is 0.546. The van der Waals surface area contributed by atoms with Gasteiger partial charge in [-0.3, -0.25) is 0 Å². The third kappa shape index (κ3) is 1.66. The van der Waals surface area contributed by atoms with Gasteiger partial charge in [0.1, 0.15) is 12.4 Å².